The van der Waals surface area contributed by atoms with Crippen LogP contribution in [0.5, 0.6) is 5.75 Å². The highest BCUT2D eigenvalue weighted by Crippen LogP contribution is 2.37. The molecule has 0 aromatic heterocycles. The number of carboxylic acids is 1. The zero-order valence-electron chi connectivity index (χ0n) is 24.8. The minimum Gasteiger partial charge on any atom is -0.505 e. The number of halogens is 2. The monoisotopic (exact) mass is 709 g/mol. The number of carboxylic acid groups (broad SMARTS) is 1. The minimum absolute atomic E-state index is 0.00852. The highest BCUT2D eigenvalue weighted by atomic mass is 35.5. The summed E-state index contributed by atoms with van der Waals surface area (Å²) in [5, 5.41) is 19.6. The SMILES string of the molecule is O=C(O)c1ccc(S(=O)(=O)CCc2cccc(CN(Cc3ccc(-c4ccccc4)cc3)S(=O)(=O)c3cc(Cl)cc(Cl)c3O)c2)cc1. The third kappa shape index (κ3) is 8.22. The molecule has 5 aromatic carbocycles. The molecule has 0 bridgehead atoms. The third-order valence-corrected chi connectivity index (χ3v) is 11.5. The van der Waals surface area contributed by atoms with Gasteiger partial charge in [0.15, 0.2) is 15.6 Å². The Morgan fingerprint density at radius 1 is 0.681 bits per heavy atom. The topological polar surface area (TPSA) is 129 Å². The molecule has 12 heteroatoms. The zero-order valence-corrected chi connectivity index (χ0v) is 27.9. The van der Waals surface area contributed by atoms with Crippen LogP contribution in [0.15, 0.2) is 125 Å². The lowest BCUT2D eigenvalue weighted by molar-refractivity contribution is 0.0696. The summed E-state index contributed by atoms with van der Waals surface area (Å²) in [4.78, 5) is 10.7. The molecule has 0 heterocycles. The molecule has 0 amide bonds. The second kappa shape index (κ2) is 14.3. The van der Waals surface area contributed by atoms with Gasteiger partial charge >= 0.3 is 5.97 Å². The molecule has 0 saturated heterocycles. The molecule has 0 aliphatic carbocycles. The maximum absolute atomic E-state index is 14.1. The second-order valence-corrected chi connectivity index (χ2v) is 15.6. The fourth-order valence-electron chi connectivity index (χ4n) is 5.00. The van der Waals surface area contributed by atoms with Gasteiger partial charge in [0.2, 0.25) is 10.0 Å². The Hall–Kier alpha value is -4.19. The van der Waals surface area contributed by atoms with Crippen molar-refractivity contribution in [3.05, 3.63) is 148 Å². The number of phenols is 1. The number of benzene rings is 5. The Bertz CT molecular complexity index is 2120. The average molecular weight is 711 g/mol. The predicted molar refractivity (Wildman–Crippen MR) is 182 cm³/mol. The van der Waals surface area contributed by atoms with Crippen LogP contribution in [0.3, 0.4) is 0 Å². The van der Waals surface area contributed by atoms with Crippen LogP contribution in [0, 0.1) is 0 Å². The summed E-state index contributed by atoms with van der Waals surface area (Å²) in [6, 6.07) is 31.5. The van der Waals surface area contributed by atoms with Gasteiger partial charge in [-0.25, -0.2) is 21.6 Å². The van der Waals surface area contributed by atoms with E-state index >= 15 is 0 Å². The molecule has 5 aromatic rings. The number of nitrogens with zero attached hydrogens (tertiary/aromatic N) is 1. The van der Waals surface area contributed by atoms with E-state index in [1.807, 2.05) is 54.6 Å². The normalized spacial score (nSPS) is 11.9. The second-order valence-electron chi connectivity index (χ2n) is 10.8. The van der Waals surface area contributed by atoms with Crippen molar-refractivity contribution in [3.63, 3.8) is 0 Å². The number of hydrogen-bond acceptors (Lipinski definition) is 6. The number of carbonyl (C=O) groups is 1. The van der Waals surface area contributed by atoms with Crippen molar-refractivity contribution in [2.45, 2.75) is 29.3 Å². The molecule has 0 unspecified atom stereocenters. The number of aromatic carboxylic acids is 1. The van der Waals surface area contributed by atoms with E-state index in [0.29, 0.717) is 16.7 Å². The number of aromatic hydroxyl groups is 1. The van der Waals surface area contributed by atoms with Gasteiger partial charge < -0.3 is 10.2 Å². The first-order valence-corrected chi connectivity index (χ1v) is 18.1. The number of aryl methyl sites for hydroxylation is 1. The Morgan fingerprint density at radius 3 is 1.96 bits per heavy atom. The van der Waals surface area contributed by atoms with Crippen LogP contribution >= 0.6 is 23.2 Å². The van der Waals surface area contributed by atoms with Gasteiger partial charge in [-0.3, -0.25) is 0 Å². The first kappa shape index (κ1) is 34.2. The summed E-state index contributed by atoms with van der Waals surface area (Å²) in [6.45, 7) is -0.157. The van der Waals surface area contributed by atoms with E-state index in [0.717, 1.165) is 17.2 Å². The van der Waals surface area contributed by atoms with Gasteiger partial charge in [-0.15, -0.1) is 0 Å². The number of sulfone groups is 1. The zero-order chi connectivity index (χ0) is 33.8. The van der Waals surface area contributed by atoms with E-state index < -0.39 is 36.5 Å². The summed E-state index contributed by atoms with van der Waals surface area (Å²) in [5.74, 6) is -2.01. The Balaban J connectivity index is 1.41. The quantitative estimate of drug-likeness (QED) is 0.137. The molecule has 0 aliphatic heterocycles. The molecular formula is C35H29Cl2NO7S2. The lowest BCUT2D eigenvalue weighted by Crippen LogP contribution is -2.30. The van der Waals surface area contributed by atoms with Crippen molar-refractivity contribution in [2.75, 3.05) is 5.75 Å². The molecule has 0 aliphatic rings. The molecule has 0 fully saturated rings. The molecule has 0 saturated carbocycles. The van der Waals surface area contributed by atoms with Crippen LogP contribution in [-0.4, -0.2) is 43.1 Å². The summed E-state index contributed by atoms with van der Waals surface area (Å²) in [5.41, 5.74) is 3.89. The fraction of sp³-hybridized carbons (Fsp3) is 0.114. The molecular weight excluding hydrogens is 681 g/mol. The number of sulfonamides is 1. The van der Waals surface area contributed by atoms with E-state index in [1.54, 1.807) is 24.3 Å². The Labute approximate surface area is 283 Å². The first-order chi connectivity index (χ1) is 22.3. The van der Waals surface area contributed by atoms with Crippen molar-refractivity contribution in [3.8, 4) is 16.9 Å². The number of hydrogen-bond donors (Lipinski definition) is 2. The smallest absolute Gasteiger partial charge is 0.335 e. The molecule has 2 N–H and O–H groups in total. The highest BCUT2D eigenvalue weighted by molar-refractivity contribution is 7.91. The standard InChI is InChI=1S/C35H29Cl2NO7S2/c36-30-20-32(37)34(39)33(21-30)47(44,45)38(22-25-9-11-28(12-10-25)27-7-2-1-3-8-27)23-26-6-4-5-24(19-26)17-18-46(42,43)31-15-13-29(14-16-31)35(40)41/h1-16,19-21,39H,17-18,22-23H2,(H,40,41). The highest BCUT2D eigenvalue weighted by Gasteiger charge is 2.30. The van der Waals surface area contributed by atoms with Crippen LogP contribution in [0.4, 0.5) is 0 Å². The third-order valence-electron chi connectivity index (χ3n) is 7.50. The number of rotatable bonds is 12. The van der Waals surface area contributed by atoms with Crippen LogP contribution < -0.4 is 0 Å². The first-order valence-electron chi connectivity index (χ1n) is 14.3. The van der Waals surface area contributed by atoms with E-state index in [2.05, 4.69) is 0 Å². The van der Waals surface area contributed by atoms with Gasteiger partial charge in [0.05, 0.1) is 21.2 Å². The lowest BCUT2D eigenvalue weighted by Gasteiger charge is -2.24. The van der Waals surface area contributed by atoms with Gasteiger partial charge in [-0.05, 0) is 70.6 Å². The van der Waals surface area contributed by atoms with Crippen molar-refractivity contribution in [1.82, 2.24) is 4.31 Å². The van der Waals surface area contributed by atoms with Gasteiger partial charge in [0.25, 0.3) is 0 Å². The molecule has 0 spiro atoms. The van der Waals surface area contributed by atoms with Crippen LogP contribution in [-0.2, 0) is 39.4 Å². The minimum atomic E-state index is -4.35. The summed E-state index contributed by atoms with van der Waals surface area (Å²) in [7, 11) is -8.08. The molecule has 8 nitrogen and oxygen atoms in total. The molecule has 0 radical (unpaired) electrons. The van der Waals surface area contributed by atoms with E-state index in [4.69, 9.17) is 28.3 Å². The van der Waals surface area contributed by atoms with Gasteiger partial charge in [0.1, 0.15) is 4.90 Å². The largest absolute Gasteiger partial charge is 0.505 e. The van der Waals surface area contributed by atoms with Crippen molar-refractivity contribution >= 4 is 49.0 Å². The van der Waals surface area contributed by atoms with Crippen LogP contribution in [0.25, 0.3) is 11.1 Å². The van der Waals surface area contributed by atoms with Crippen LogP contribution in [0.2, 0.25) is 10.0 Å². The molecule has 0 atom stereocenters. The maximum Gasteiger partial charge on any atom is 0.335 e. The number of phenolic OH excluding ortho intramolecular Hbond substituents is 1. The predicted octanol–water partition coefficient (Wildman–Crippen LogP) is 7.47. The molecule has 47 heavy (non-hydrogen) atoms. The van der Waals surface area contributed by atoms with Crippen molar-refractivity contribution in [2.24, 2.45) is 0 Å². The summed E-state index contributed by atoms with van der Waals surface area (Å²) >= 11 is 12.2. The van der Waals surface area contributed by atoms with Crippen molar-refractivity contribution < 1.29 is 31.8 Å². The van der Waals surface area contributed by atoms with Gasteiger partial charge in [-0.1, -0.05) is 102 Å². The van der Waals surface area contributed by atoms with Crippen LogP contribution in [0.1, 0.15) is 27.0 Å². The summed E-state index contributed by atoms with van der Waals surface area (Å²) in [6.07, 6.45) is 0.134. The Morgan fingerprint density at radius 2 is 1.30 bits per heavy atom. The fourth-order valence-corrected chi connectivity index (χ4v) is 8.45. The Kier molecular flexibility index (Phi) is 10.4. The summed E-state index contributed by atoms with van der Waals surface area (Å²) < 4.78 is 55.2. The van der Waals surface area contributed by atoms with Gasteiger partial charge in [0, 0.05) is 18.1 Å². The lowest BCUT2D eigenvalue weighted by atomic mass is 10.0. The van der Waals surface area contributed by atoms with Gasteiger partial charge in [-0.2, -0.15) is 4.31 Å². The average Bonchev–Trinajstić information content (AvgIpc) is 3.06. The van der Waals surface area contributed by atoms with E-state index in [-0.39, 0.29) is 45.8 Å². The van der Waals surface area contributed by atoms with E-state index in [9.17, 15) is 26.7 Å². The molecule has 242 valence electrons. The maximum atomic E-state index is 14.1. The molecule has 5 rings (SSSR count). The van der Waals surface area contributed by atoms with E-state index in [1.165, 1.54) is 34.6 Å². The van der Waals surface area contributed by atoms with Crippen molar-refractivity contribution in [1.29, 1.82) is 0 Å².